The Kier molecular flexibility index (Phi) is 58.6. The molecule has 0 radical (unpaired) electrons. The lowest BCUT2D eigenvalue weighted by atomic mass is 10.0. The molecule has 71 heavy (non-hydrogen) atoms. The van der Waals surface area contributed by atoms with Gasteiger partial charge in [-0.1, -0.05) is 308 Å². The molecular weight excluding hydrogens is 877 g/mol. The lowest BCUT2D eigenvalue weighted by Crippen LogP contribution is -2.30. The summed E-state index contributed by atoms with van der Waals surface area (Å²) in [4.78, 5) is 38.3. The van der Waals surface area contributed by atoms with Crippen molar-refractivity contribution in [2.24, 2.45) is 0 Å². The van der Waals surface area contributed by atoms with Gasteiger partial charge in [0.15, 0.2) is 6.10 Å². The number of unbranched alkanes of at least 4 members (excludes halogenated alkanes) is 44. The minimum Gasteiger partial charge on any atom is -0.462 e. The number of ether oxygens (including phenoxy) is 3. The number of esters is 3. The van der Waals surface area contributed by atoms with E-state index in [1.165, 1.54) is 244 Å². The Bertz CT molecular complexity index is 1150. The van der Waals surface area contributed by atoms with Crippen LogP contribution < -0.4 is 0 Å². The molecule has 1 atom stereocenters. The third kappa shape index (κ3) is 58.7. The van der Waals surface area contributed by atoms with Crippen molar-refractivity contribution in [1.82, 2.24) is 0 Å². The van der Waals surface area contributed by atoms with E-state index in [2.05, 4.69) is 45.1 Å². The molecule has 0 aliphatic rings. The smallest absolute Gasteiger partial charge is 0.306 e. The van der Waals surface area contributed by atoms with Gasteiger partial charge in [-0.05, 0) is 51.4 Å². The second-order valence-electron chi connectivity index (χ2n) is 21.7. The lowest BCUT2D eigenvalue weighted by Gasteiger charge is -2.18. The normalized spacial score (nSPS) is 12.1. The van der Waals surface area contributed by atoms with Gasteiger partial charge in [-0.15, -0.1) is 0 Å². The van der Waals surface area contributed by atoms with Gasteiger partial charge in [0.2, 0.25) is 0 Å². The van der Waals surface area contributed by atoms with Gasteiger partial charge in [0.05, 0.1) is 0 Å². The fraction of sp³-hybridized carbons (Fsp3) is 0.892. The van der Waals surface area contributed by atoms with Crippen LogP contribution in [-0.4, -0.2) is 37.2 Å². The SMILES string of the molecule is CCCCC/C=C\C/C=C\CCCCCCCCCC(=O)OCC(COC(=O)CCCCCCCCCCCCCCCCCCCC)OC(=O)CCCCCCCCCCCCCCCCCCCC. The molecule has 0 aromatic carbocycles. The van der Waals surface area contributed by atoms with E-state index in [0.29, 0.717) is 19.3 Å². The molecule has 0 fully saturated rings. The van der Waals surface area contributed by atoms with Crippen molar-refractivity contribution in [3.8, 4) is 0 Å². The van der Waals surface area contributed by atoms with Crippen LogP contribution in [0, 0.1) is 0 Å². The first-order valence-corrected chi connectivity index (χ1v) is 31.8. The molecule has 0 spiro atoms. The van der Waals surface area contributed by atoms with E-state index >= 15 is 0 Å². The minimum absolute atomic E-state index is 0.0675. The average molecular weight is 1000 g/mol. The van der Waals surface area contributed by atoms with Crippen LogP contribution in [0.25, 0.3) is 0 Å². The van der Waals surface area contributed by atoms with Crippen molar-refractivity contribution in [2.45, 2.75) is 361 Å². The van der Waals surface area contributed by atoms with Crippen LogP contribution in [0.2, 0.25) is 0 Å². The van der Waals surface area contributed by atoms with Gasteiger partial charge in [-0.25, -0.2) is 0 Å². The van der Waals surface area contributed by atoms with Crippen molar-refractivity contribution >= 4 is 17.9 Å². The van der Waals surface area contributed by atoms with Crippen molar-refractivity contribution in [2.75, 3.05) is 13.2 Å². The summed E-state index contributed by atoms with van der Waals surface area (Å²) in [7, 11) is 0. The van der Waals surface area contributed by atoms with Crippen LogP contribution in [0.4, 0.5) is 0 Å². The Morgan fingerprint density at radius 1 is 0.282 bits per heavy atom. The van der Waals surface area contributed by atoms with E-state index in [4.69, 9.17) is 14.2 Å². The Morgan fingerprint density at radius 3 is 0.803 bits per heavy atom. The minimum atomic E-state index is -0.770. The Labute approximate surface area is 443 Å². The van der Waals surface area contributed by atoms with Gasteiger partial charge >= 0.3 is 17.9 Å². The first-order chi connectivity index (χ1) is 35.0. The van der Waals surface area contributed by atoms with E-state index in [1.807, 2.05) is 0 Å². The zero-order valence-corrected chi connectivity index (χ0v) is 48.0. The molecule has 0 N–H and O–H groups in total. The maximum absolute atomic E-state index is 12.9. The molecule has 0 aliphatic heterocycles. The van der Waals surface area contributed by atoms with Crippen LogP contribution in [0.5, 0.6) is 0 Å². The number of carbonyl (C=O) groups is 3. The van der Waals surface area contributed by atoms with E-state index in [-0.39, 0.29) is 31.1 Å². The molecule has 6 nitrogen and oxygen atoms in total. The predicted molar refractivity (Wildman–Crippen MR) is 307 cm³/mol. The maximum atomic E-state index is 12.9. The third-order valence-corrected chi connectivity index (χ3v) is 14.5. The molecule has 0 aromatic heterocycles. The van der Waals surface area contributed by atoms with Gasteiger partial charge in [-0.2, -0.15) is 0 Å². The maximum Gasteiger partial charge on any atom is 0.306 e. The first-order valence-electron chi connectivity index (χ1n) is 31.8. The molecule has 0 saturated carbocycles. The highest BCUT2D eigenvalue weighted by Gasteiger charge is 2.19. The van der Waals surface area contributed by atoms with Crippen LogP contribution in [0.1, 0.15) is 355 Å². The number of hydrogen-bond acceptors (Lipinski definition) is 6. The molecular formula is C65H122O6. The van der Waals surface area contributed by atoms with Gasteiger partial charge in [0.25, 0.3) is 0 Å². The van der Waals surface area contributed by atoms with Crippen LogP contribution in [0.15, 0.2) is 24.3 Å². The van der Waals surface area contributed by atoms with E-state index < -0.39 is 6.10 Å². The predicted octanol–water partition coefficient (Wildman–Crippen LogP) is 21.4. The second kappa shape index (κ2) is 60.4. The molecule has 0 aliphatic carbocycles. The lowest BCUT2D eigenvalue weighted by molar-refractivity contribution is -0.167. The van der Waals surface area contributed by atoms with E-state index in [1.54, 1.807) is 0 Å². The number of hydrogen-bond donors (Lipinski definition) is 0. The highest BCUT2D eigenvalue weighted by Crippen LogP contribution is 2.18. The quantitative estimate of drug-likeness (QED) is 0.0261. The van der Waals surface area contributed by atoms with Crippen LogP contribution >= 0.6 is 0 Å². The molecule has 418 valence electrons. The number of allylic oxidation sites excluding steroid dienone is 4. The Morgan fingerprint density at radius 2 is 0.507 bits per heavy atom. The van der Waals surface area contributed by atoms with E-state index in [9.17, 15) is 14.4 Å². The molecule has 0 bridgehead atoms. The molecule has 0 heterocycles. The Hall–Kier alpha value is -2.11. The summed E-state index contributed by atoms with van der Waals surface area (Å²) in [6.45, 7) is 6.68. The van der Waals surface area contributed by atoms with Crippen LogP contribution in [0.3, 0.4) is 0 Å². The molecule has 0 saturated heterocycles. The monoisotopic (exact) mass is 999 g/mol. The third-order valence-electron chi connectivity index (χ3n) is 14.5. The fourth-order valence-electron chi connectivity index (χ4n) is 9.65. The summed E-state index contributed by atoms with van der Waals surface area (Å²) in [5, 5.41) is 0. The van der Waals surface area contributed by atoms with Gasteiger partial charge in [0, 0.05) is 19.3 Å². The van der Waals surface area contributed by atoms with Crippen molar-refractivity contribution in [3.05, 3.63) is 24.3 Å². The second-order valence-corrected chi connectivity index (χ2v) is 21.7. The first kappa shape index (κ1) is 68.9. The summed E-state index contributed by atoms with van der Waals surface area (Å²) < 4.78 is 17.0. The molecule has 0 rings (SSSR count). The Balaban J connectivity index is 4.32. The standard InChI is InChI=1S/C65H122O6/c1-4-7-10-13-16-19-22-25-28-31-34-37-40-43-46-49-52-55-58-64(67)70-61-62(60-69-63(66)57-54-51-48-45-42-39-36-33-30-27-24-21-18-15-12-9-6-3)71-65(68)59-56-53-50-47-44-41-38-35-32-29-26-23-20-17-14-11-8-5-2/h18,21,27,30,62H,4-17,19-20,22-26,28-29,31-61H2,1-3H3/b21-18-,30-27-. The highest BCUT2D eigenvalue weighted by atomic mass is 16.6. The number of carbonyl (C=O) groups excluding carboxylic acids is 3. The molecule has 1 unspecified atom stereocenters. The van der Waals surface area contributed by atoms with Gasteiger partial charge in [0.1, 0.15) is 13.2 Å². The van der Waals surface area contributed by atoms with Crippen molar-refractivity contribution < 1.29 is 28.6 Å². The van der Waals surface area contributed by atoms with Crippen molar-refractivity contribution in [1.29, 1.82) is 0 Å². The van der Waals surface area contributed by atoms with Crippen molar-refractivity contribution in [3.63, 3.8) is 0 Å². The molecule has 6 heteroatoms. The topological polar surface area (TPSA) is 78.9 Å². The summed E-state index contributed by atoms with van der Waals surface area (Å²) in [5.74, 6) is -0.847. The summed E-state index contributed by atoms with van der Waals surface area (Å²) in [6, 6.07) is 0. The average Bonchev–Trinajstić information content (AvgIpc) is 3.37. The van der Waals surface area contributed by atoms with E-state index in [0.717, 1.165) is 70.6 Å². The zero-order chi connectivity index (χ0) is 51.4. The zero-order valence-electron chi connectivity index (χ0n) is 48.0. The van der Waals surface area contributed by atoms with Gasteiger partial charge in [-0.3, -0.25) is 14.4 Å². The fourth-order valence-corrected chi connectivity index (χ4v) is 9.65. The molecule has 0 amide bonds. The summed E-state index contributed by atoms with van der Waals surface area (Å²) in [5.41, 5.74) is 0. The summed E-state index contributed by atoms with van der Waals surface area (Å²) >= 11 is 0. The highest BCUT2D eigenvalue weighted by molar-refractivity contribution is 5.71. The van der Waals surface area contributed by atoms with Crippen LogP contribution in [-0.2, 0) is 28.6 Å². The largest absolute Gasteiger partial charge is 0.462 e. The number of rotatable bonds is 59. The summed E-state index contributed by atoms with van der Waals surface area (Å²) in [6.07, 6.45) is 71.7. The van der Waals surface area contributed by atoms with Gasteiger partial charge < -0.3 is 14.2 Å². The molecule has 0 aromatic rings.